The number of aromatic nitrogens is 1. The maximum atomic E-state index is 13.2. The molecule has 2 atom stereocenters. The SMILES string of the molecule is O=C(NCc1ccc(F)cc1C(F)(F)F)C1CCC(O)c2ncccc21. The molecule has 0 spiro atoms. The molecule has 1 aliphatic carbocycles. The highest BCUT2D eigenvalue weighted by molar-refractivity contribution is 5.84. The molecule has 2 aromatic rings. The van der Waals surface area contributed by atoms with Crippen molar-refractivity contribution >= 4 is 5.91 Å². The minimum Gasteiger partial charge on any atom is -0.387 e. The number of hydrogen-bond acceptors (Lipinski definition) is 3. The third kappa shape index (κ3) is 3.70. The average molecular weight is 368 g/mol. The number of nitrogens with zero attached hydrogens (tertiary/aromatic N) is 1. The zero-order valence-electron chi connectivity index (χ0n) is 13.6. The average Bonchev–Trinajstić information content (AvgIpc) is 2.60. The van der Waals surface area contributed by atoms with Crippen molar-refractivity contribution in [3.05, 3.63) is 64.7 Å². The van der Waals surface area contributed by atoms with Gasteiger partial charge >= 0.3 is 6.18 Å². The van der Waals surface area contributed by atoms with Crippen LogP contribution in [0.15, 0.2) is 36.5 Å². The number of carbonyl (C=O) groups is 1. The molecule has 1 aliphatic rings. The summed E-state index contributed by atoms with van der Waals surface area (Å²) in [5.41, 5.74) is -0.344. The third-order valence-corrected chi connectivity index (χ3v) is 4.44. The van der Waals surface area contributed by atoms with Crippen molar-refractivity contribution in [1.29, 1.82) is 0 Å². The molecule has 1 amide bonds. The third-order valence-electron chi connectivity index (χ3n) is 4.44. The van der Waals surface area contributed by atoms with Gasteiger partial charge in [-0.1, -0.05) is 12.1 Å². The lowest BCUT2D eigenvalue weighted by Crippen LogP contribution is -2.32. The number of rotatable bonds is 3. The van der Waals surface area contributed by atoms with Crippen molar-refractivity contribution in [1.82, 2.24) is 10.3 Å². The molecule has 0 aliphatic heterocycles. The summed E-state index contributed by atoms with van der Waals surface area (Å²) in [6.07, 6.45) is -3.26. The van der Waals surface area contributed by atoms with Gasteiger partial charge in [0.15, 0.2) is 0 Å². The van der Waals surface area contributed by atoms with Crippen LogP contribution >= 0.6 is 0 Å². The molecule has 0 saturated heterocycles. The largest absolute Gasteiger partial charge is 0.416 e. The summed E-state index contributed by atoms with van der Waals surface area (Å²) in [5, 5.41) is 12.5. The maximum absolute atomic E-state index is 13.2. The van der Waals surface area contributed by atoms with Crippen LogP contribution in [-0.4, -0.2) is 16.0 Å². The number of alkyl halides is 3. The van der Waals surface area contributed by atoms with E-state index in [0.29, 0.717) is 30.2 Å². The Balaban J connectivity index is 1.78. The minimum absolute atomic E-state index is 0.213. The lowest BCUT2D eigenvalue weighted by atomic mass is 9.83. The number of benzene rings is 1. The van der Waals surface area contributed by atoms with Gasteiger partial charge in [0.25, 0.3) is 0 Å². The molecule has 4 nitrogen and oxygen atoms in total. The standard InChI is InChI=1S/C18H16F4N2O2/c19-11-4-3-10(14(8-11)18(20,21)22)9-24-17(26)13-5-6-15(25)16-12(13)2-1-7-23-16/h1-4,7-8,13,15,25H,5-6,9H2,(H,24,26). The maximum Gasteiger partial charge on any atom is 0.416 e. The zero-order chi connectivity index (χ0) is 18.9. The first-order chi connectivity index (χ1) is 12.3. The molecule has 1 aromatic heterocycles. The Hall–Kier alpha value is -2.48. The molecule has 2 N–H and O–H groups in total. The van der Waals surface area contributed by atoms with Crippen molar-refractivity contribution in [2.75, 3.05) is 0 Å². The van der Waals surface area contributed by atoms with Gasteiger partial charge in [-0.25, -0.2) is 4.39 Å². The molecule has 0 bridgehead atoms. The van der Waals surface area contributed by atoms with E-state index >= 15 is 0 Å². The van der Waals surface area contributed by atoms with E-state index in [1.54, 1.807) is 12.1 Å². The second-order valence-electron chi connectivity index (χ2n) is 6.14. The fourth-order valence-corrected chi connectivity index (χ4v) is 3.16. The van der Waals surface area contributed by atoms with Gasteiger partial charge in [0.05, 0.1) is 23.3 Å². The Morgan fingerprint density at radius 2 is 2.04 bits per heavy atom. The Morgan fingerprint density at radius 1 is 1.27 bits per heavy atom. The van der Waals surface area contributed by atoms with Crippen LogP contribution in [0.5, 0.6) is 0 Å². The van der Waals surface area contributed by atoms with Crippen LogP contribution in [0.2, 0.25) is 0 Å². The van der Waals surface area contributed by atoms with E-state index < -0.39 is 35.5 Å². The molecular weight excluding hydrogens is 352 g/mol. The number of hydrogen-bond donors (Lipinski definition) is 2. The van der Waals surface area contributed by atoms with Crippen LogP contribution in [0.3, 0.4) is 0 Å². The summed E-state index contributed by atoms with van der Waals surface area (Å²) in [7, 11) is 0. The van der Waals surface area contributed by atoms with Gasteiger partial charge in [0, 0.05) is 12.7 Å². The number of carbonyl (C=O) groups excluding carboxylic acids is 1. The number of fused-ring (bicyclic) bond motifs is 1. The number of nitrogens with one attached hydrogen (secondary N) is 1. The predicted octanol–water partition coefficient (Wildman–Crippen LogP) is 3.47. The van der Waals surface area contributed by atoms with Crippen molar-refractivity contribution < 1.29 is 27.5 Å². The summed E-state index contributed by atoms with van der Waals surface area (Å²) in [6.45, 7) is -0.372. The Morgan fingerprint density at radius 3 is 2.77 bits per heavy atom. The van der Waals surface area contributed by atoms with Crippen LogP contribution in [0.1, 0.15) is 47.2 Å². The second-order valence-corrected chi connectivity index (χ2v) is 6.14. The molecule has 0 fully saturated rings. The number of aliphatic hydroxyl groups excluding tert-OH is 1. The Kier molecular flexibility index (Phi) is 4.95. The van der Waals surface area contributed by atoms with E-state index in [-0.39, 0.29) is 12.1 Å². The molecule has 138 valence electrons. The van der Waals surface area contributed by atoms with Gasteiger partial charge in [-0.3, -0.25) is 9.78 Å². The van der Waals surface area contributed by atoms with Gasteiger partial charge in [-0.15, -0.1) is 0 Å². The number of aliphatic hydroxyl groups is 1. The lowest BCUT2D eigenvalue weighted by Gasteiger charge is -2.27. The summed E-state index contributed by atoms with van der Waals surface area (Å²) >= 11 is 0. The first-order valence-electron chi connectivity index (χ1n) is 8.03. The van der Waals surface area contributed by atoms with E-state index in [0.717, 1.165) is 12.1 Å². The zero-order valence-corrected chi connectivity index (χ0v) is 13.6. The highest BCUT2D eigenvalue weighted by atomic mass is 19.4. The first-order valence-corrected chi connectivity index (χ1v) is 8.03. The van der Waals surface area contributed by atoms with Gasteiger partial charge in [-0.05, 0) is 42.2 Å². The van der Waals surface area contributed by atoms with Crippen molar-refractivity contribution in [3.63, 3.8) is 0 Å². The topological polar surface area (TPSA) is 62.2 Å². The highest BCUT2D eigenvalue weighted by Crippen LogP contribution is 2.36. The van der Waals surface area contributed by atoms with E-state index in [2.05, 4.69) is 10.3 Å². The molecule has 1 heterocycles. The normalized spacial score (nSPS) is 19.7. The summed E-state index contributed by atoms with van der Waals surface area (Å²) in [4.78, 5) is 16.6. The van der Waals surface area contributed by atoms with Crippen molar-refractivity contribution in [2.24, 2.45) is 0 Å². The summed E-state index contributed by atoms with van der Waals surface area (Å²) < 4.78 is 52.2. The number of pyridine rings is 1. The first kappa shape index (κ1) is 18.3. The second kappa shape index (κ2) is 7.03. The van der Waals surface area contributed by atoms with E-state index in [9.17, 15) is 27.5 Å². The smallest absolute Gasteiger partial charge is 0.387 e. The molecule has 2 unspecified atom stereocenters. The molecule has 3 rings (SSSR count). The van der Waals surface area contributed by atoms with Gasteiger partial charge in [0.2, 0.25) is 5.91 Å². The van der Waals surface area contributed by atoms with E-state index in [1.807, 2.05) is 0 Å². The Bertz CT molecular complexity index is 823. The molecular formula is C18H16F4N2O2. The number of amides is 1. The summed E-state index contributed by atoms with van der Waals surface area (Å²) in [5.74, 6) is -2.05. The van der Waals surface area contributed by atoms with Crippen LogP contribution in [0.25, 0.3) is 0 Å². The Labute approximate surface area is 146 Å². The quantitative estimate of drug-likeness (QED) is 0.816. The number of halogens is 4. The molecule has 0 radical (unpaired) electrons. The van der Waals surface area contributed by atoms with Crippen LogP contribution in [-0.2, 0) is 17.5 Å². The van der Waals surface area contributed by atoms with E-state index in [1.165, 1.54) is 6.20 Å². The predicted molar refractivity (Wildman–Crippen MR) is 84.4 cm³/mol. The van der Waals surface area contributed by atoms with Crippen LogP contribution in [0.4, 0.5) is 17.6 Å². The van der Waals surface area contributed by atoms with Gasteiger partial charge in [0.1, 0.15) is 5.82 Å². The van der Waals surface area contributed by atoms with Crippen molar-refractivity contribution in [2.45, 2.75) is 37.6 Å². The van der Waals surface area contributed by atoms with E-state index in [4.69, 9.17) is 0 Å². The molecule has 26 heavy (non-hydrogen) atoms. The molecule has 0 saturated carbocycles. The fourth-order valence-electron chi connectivity index (χ4n) is 3.16. The van der Waals surface area contributed by atoms with Gasteiger partial charge < -0.3 is 10.4 Å². The molecule has 1 aromatic carbocycles. The van der Waals surface area contributed by atoms with Crippen LogP contribution in [0, 0.1) is 5.82 Å². The van der Waals surface area contributed by atoms with Crippen LogP contribution < -0.4 is 5.32 Å². The minimum atomic E-state index is -4.71. The monoisotopic (exact) mass is 368 g/mol. The van der Waals surface area contributed by atoms with Crippen molar-refractivity contribution in [3.8, 4) is 0 Å². The molecule has 8 heteroatoms. The van der Waals surface area contributed by atoms with Gasteiger partial charge in [-0.2, -0.15) is 13.2 Å². The lowest BCUT2D eigenvalue weighted by molar-refractivity contribution is -0.138. The fraction of sp³-hybridized carbons (Fsp3) is 0.333. The summed E-state index contributed by atoms with van der Waals surface area (Å²) in [6, 6.07) is 5.66. The highest BCUT2D eigenvalue weighted by Gasteiger charge is 2.35.